The van der Waals surface area contributed by atoms with Crippen LogP contribution in [-0.2, 0) is 4.74 Å². The molecule has 0 aromatic carbocycles. The first kappa shape index (κ1) is 20.0. The molecule has 120 valence electrons. The fourth-order valence-electron chi connectivity index (χ4n) is 2.39. The van der Waals surface area contributed by atoms with E-state index in [-0.39, 0.29) is 24.0 Å². The summed E-state index contributed by atoms with van der Waals surface area (Å²) in [5, 5.41) is 6.86. The van der Waals surface area contributed by atoms with Crippen molar-refractivity contribution in [1.29, 1.82) is 0 Å². The van der Waals surface area contributed by atoms with Gasteiger partial charge in [-0.1, -0.05) is 33.1 Å². The maximum atomic E-state index is 5.38. The summed E-state index contributed by atoms with van der Waals surface area (Å²) in [5.74, 6) is 2.33. The van der Waals surface area contributed by atoms with E-state index in [1.165, 1.54) is 25.7 Å². The van der Waals surface area contributed by atoms with Gasteiger partial charge in [0.05, 0.1) is 6.61 Å². The zero-order valence-corrected chi connectivity index (χ0v) is 15.6. The summed E-state index contributed by atoms with van der Waals surface area (Å²) in [6, 6.07) is 0. The van der Waals surface area contributed by atoms with Crippen LogP contribution in [0.25, 0.3) is 0 Å². The third-order valence-corrected chi connectivity index (χ3v) is 3.91. The highest BCUT2D eigenvalue weighted by atomic mass is 127. The standard InChI is InChI=1S/C15H31N3O.HI/c1-4-6-7-13(5-2)10-17-15(16-3)18-11-14-8-9-19-12-14;/h13-14H,4-12H2,1-3H3,(H2,16,17,18);1H. The van der Waals surface area contributed by atoms with Gasteiger partial charge in [-0.15, -0.1) is 24.0 Å². The zero-order valence-electron chi connectivity index (χ0n) is 13.3. The van der Waals surface area contributed by atoms with Crippen molar-refractivity contribution in [2.24, 2.45) is 16.8 Å². The summed E-state index contributed by atoms with van der Waals surface area (Å²) in [7, 11) is 1.84. The van der Waals surface area contributed by atoms with Crippen molar-refractivity contribution in [3.8, 4) is 0 Å². The van der Waals surface area contributed by atoms with Crippen LogP contribution in [0.2, 0.25) is 0 Å². The Kier molecular flexibility index (Phi) is 12.7. The van der Waals surface area contributed by atoms with Crippen molar-refractivity contribution in [1.82, 2.24) is 10.6 Å². The molecule has 4 nitrogen and oxygen atoms in total. The first-order valence-corrected chi connectivity index (χ1v) is 7.82. The largest absolute Gasteiger partial charge is 0.381 e. The van der Waals surface area contributed by atoms with E-state index in [4.69, 9.17) is 4.74 Å². The van der Waals surface area contributed by atoms with Gasteiger partial charge in [-0.05, 0) is 18.8 Å². The number of nitrogens with zero attached hydrogens (tertiary/aromatic N) is 1. The lowest BCUT2D eigenvalue weighted by Crippen LogP contribution is -2.41. The Labute approximate surface area is 141 Å². The number of unbranched alkanes of at least 4 members (excludes halogenated alkanes) is 1. The molecule has 0 spiro atoms. The SMILES string of the molecule is CCCCC(CC)CNC(=NC)NCC1CCOC1.I. The van der Waals surface area contributed by atoms with Gasteiger partial charge in [0.15, 0.2) is 5.96 Å². The van der Waals surface area contributed by atoms with E-state index in [1.807, 2.05) is 7.05 Å². The maximum Gasteiger partial charge on any atom is 0.190 e. The molecule has 1 saturated heterocycles. The van der Waals surface area contributed by atoms with Gasteiger partial charge in [0.2, 0.25) is 0 Å². The quantitative estimate of drug-likeness (QED) is 0.376. The van der Waals surface area contributed by atoms with Gasteiger partial charge < -0.3 is 15.4 Å². The molecule has 0 aromatic heterocycles. The zero-order chi connectivity index (χ0) is 13.9. The highest BCUT2D eigenvalue weighted by Crippen LogP contribution is 2.12. The fraction of sp³-hybridized carbons (Fsp3) is 0.933. The van der Waals surface area contributed by atoms with Crippen LogP contribution in [0.15, 0.2) is 4.99 Å². The topological polar surface area (TPSA) is 45.7 Å². The lowest BCUT2D eigenvalue weighted by atomic mass is 9.99. The van der Waals surface area contributed by atoms with Crippen molar-refractivity contribution in [3.63, 3.8) is 0 Å². The van der Waals surface area contributed by atoms with E-state index in [9.17, 15) is 0 Å². The number of halogens is 1. The van der Waals surface area contributed by atoms with E-state index in [0.717, 1.165) is 44.6 Å². The number of ether oxygens (including phenoxy) is 1. The van der Waals surface area contributed by atoms with E-state index in [0.29, 0.717) is 5.92 Å². The molecular weight excluding hydrogens is 365 g/mol. The third kappa shape index (κ3) is 8.29. The van der Waals surface area contributed by atoms with Crippen LogP contribution >= 0.6 is 24.0 Å². The number of hydrogen-bond donors (Lipinski definition) is 2. The molecule has 1 heterocycles. The molecular formula is C15H32IN3O. The normalized spacial score (nSPS) is 20.4. The Morgan fingerprint density at radius 2 is 2.15 bits per heavy atom. The van der Waals surface area contributed by atoms with Crippen molar-refractivity contribution in [2.75, 3.05) is 33.4 Å². The number of guanidine groups is 1. The summed E-state index contributed by atoms with van der Waals surface area (Å²) < 4.78 is 5.38. The molecule has 1 fully saturated rings. The van der Waals surface area contributed by atoms with Gasteiger partial charge in [0.1, 0.15) is 0 Å². The Balaban J connectivity index is 0.00000361. The highest BCUT2D eigenvalue weighted by Gasteiger charge is 2.15. The molecule has 1 aliphatic heterocycles. The van der Waals surface area contributed by atoms with Crippen LogP contribution in [0.3, 0.4) is 0 Å². The number of nitrogens with one attached hydrogen (secondary N) is 2. The molecule has 2 atom stereocenters. The van der Waals surface area contributed by atoms with Crippen LogP contribution in [0.4, 0.5) is 0 Å². The second kappa shape index (κ2) is 12.7. The Hall–Kier alpha value is -0.0400. The molecule has 1 aliphatic rings. The van der Waals surface area contributed by atoms with Crippen LogP contribution < -0.4 is 10.6 Å². The lowest BCUT2D eigenvalue weighted by Gasteiger charge is -2.19. The average Bonchev–Trinajstić information content (AvgIpc) is 2.95. The third-order valence-electron chi connectivity index (χ3n) is 3.91. The van der Waals surface area contributed by atoms with Gasteiger partial charge in [-0.25, -0.2) is 0 Å². The second-order valence-electron chi connectivity index (χ2n) is 5.48. The molecule has 0 aromatic rings. The first-order chi connectivity index (χ1) is 9.30. The minimum Gasteiger partial charge on any atom is -0.381 e. The molecule has 1 rings (SSSR count). The van der Waals surface area contributed by atoms with Crippen molar-refractivity contribution < 1.29 is 4.74 Å². The number of rotatable bonds is 8. The summed E-state index contributed by atoms with van der Waals surface area (Å²) >= 11 is 0. The predicted molar refractivity (Wildman–Crippen MR) is 97.0 cm³/mol. The first-order valence-electron chi connectivity index (χ1n) is 7.82. The van der Waals surface area contributed by atoms with E-state index in [1.54, 1.807) is 0 Å². The van der Waals surface area contributed by atoms with Crippen LogP contribution in [-0.4, -0.2) is 39.3 Å². The Morgan fingerprint density at radius 3 is 2.70 bits per heavy atom. The molecule has 20 heavy (non-hydrogen) atoms. The van der Waals surface area contributed by atoms with Crippen molar-refractivity contribution >= 4 is 29.9 Å². The smallest absolute Gasteiger partial charge is 0.190 e. The average molecular weight is 397 g/mol. The maximum absolute atomic E-state index is 5.38. The second-order valence-corrected chi connectivity index (χ2v) is 5.48. The Morgan fingerprint density at radius 1 is 1.35 bits per heavy atom. The Bertz CT molecular complexity index is 256. The van der Waals surface area contributed by atoms with Gasteiger partial charge in [-0.3, -0.25) is 4.99 Å². The van der Waals surface area contributed by atoms with Crippen LogP contribution in [0, 0.1) is 11.8 Å². The summed E-state index contributed by atoms with van der Waals surface area (Å²) in [4.78, 5) is 4.29. The van der Waals surface area contributed by atoms with Gasteiger partial charge in [0.25, 0.3) is 0 Å². The molecule has 0 radical (unpaired) electrons. The predicted octanol–water partition coefficient (Wildman–Crippen LogP) is 3.02. The van der Waals surface area contributed by atoms with Gasteiger partial charge >= 0.3 is 0 Å². The molecule has 0 bridgehead atoms. The van der Waals surface area contributed by atoms with Crippen molar-refractivity contribution in [2.45, 2.75) is 46.0 Å². The van der Waals surface area contributed by atoms with Gasteiger partial charge in [0, 0.05) is 32.7 Å². The number of hydrogen-bond acceptors (Lipinski definition) is 2. The van der Waals surface area contributed by atoms with E-state index < -0.39 is 0 Å². The van der Waals surface area contributed by atoms with Crippen molar-refractivity contribution in [3.05, 3.63) is 0 Å². The van der Waals surface area contributed by atoms with Crippen LogP contribution in [0.1, 0.15) is 46.0 Å². The summed E-state index contributed by atoms with van der Waals surface area (Å²) in [6.45, 7) is 8.31. The highest BCUT2D eigenvalue weighted by molar-refractivity contribution is 14.0. The summed E-state index contributed by atoms with van der Waals surface area (Å²) in [5.41, 5.74) is 0. The summed E-state index contributed by atoms with van der Waals surface area (Å²) in [6.07, 6.45) is 6.32. The molecule has 0 aliphatic carbocycles. The van der Waals surface area contributed by atoms with Crippen LogP contribution in [0.5, 0.6) is 0 Å². The van der Waals surface area contributed by atoms with E-state index in [2.05, 4.69) is 29.5 Å². The minimum atomic E-state index is 0. The molecule has 0 amide bonds. The molecule has 0 saturated carbocycles. The van der Waals surface area contributed by atoms with E-state index >= 15 is 0 Å². The molecule has 2 unspecified atom stereocenters. The molecule has 5 heteroatoms. The fourth-order valence-corrected chi connectivity index (χ4v) is 2.39. The molecule has 2 N–H and O–H groups in total. The lowest BCUT2D eigenvalue weighted by molar-refractivity contribution is 0.186. The monoisotopic (exact) mass is 397 g/mol. The minimum absolute atomic E-state index is 0. The van der Waals surface area contributed by atoms with Gasteiger partial charge in [-0.2, -0.15) is 0 Å². The number of aliphatic imine (C=N–C) groups is 1.